The number of hydrogen-bond donors (Lipinski definition) is 1. The van der Waals surface area contributed by atoms with Gasteiger partial charge in [-0.1, -0.05) is 54.6 Å². The molecule has 0 saturated heterocycles. The summed E-state index contributed by atoms with van der Waals surface area (Å²) in [5, 5.41) is 12.2. The highest BCUT2D eigenvalue weighted by atomic mass is 32.2. The summed E-state index contributed by atoms with van der Waals surface area (Å²) in [6.45, 7) is 2.15. The molecule has 3 aromatic rings. The molecule has 0 atom stereocenters. The minimum atomic E-state index is -0.308. The number of amides is 1. The summed E-state index contributed by atoms with van der Waals surface area (Å²) in [4.78, 5) is 12.2. The van der Waals surface area contributed by atoms with E-state index in [1.807, 2.05) is 24.3 Å². The van der Waals surface area contributed by atoms with Crippen molar-refractivity contribution in [2.75, 3.05) is 11.1 Å². The van der Waals surface area contributed by atoms with Crippen LogP contribution in [-0.4, -0.2) is 21.9 Å². The first kappa shape index (κ1) is 15.1. The van der Waals surface area contributed by atoms with Crippen LogP contribution in [0, 0.1) is 0 Å². The number of aromatic nitrogens is 2. The molecule has 0 fully saturated rings. The Morgan fingerprint density at radius 3 is 3.05 bits per heavy atom. The molecule has 2 aromatic heterocycles. The zero-order valence-electron chi connectivity index (χ0n) is 12.0. The van der Waals surface area contributed by atoms with Crippen LogP contribution >= 0.6 is 23.1 Å². The van der Waals surface area contributed by atoms with Crippen LogP contribution in [0.5, 0.6) is 0 Å². The van der Waals surface area contributed by atoms with Gasteiger partial charge in [-0.2, -0.15) is 0 Å². The monoisotopic (exact) mass is 333 g/mol. The van der Waals surface area contributed by atoms with Gasteiger partial charge in [0.15, 0.2) is 10.1 Å². The number of anilines is 1. The lowest BCUT2D eigenvalue weighted by Crippen LogP contribution is -2.10. The van der Waals surface area contributed by atoms with E-state index < -0.39 is 0 Å². The highest BCUT2D eigenvalue weighted by Crippen LogP contribution is 2.27. The van der Waals surface area contributed by atoms with Crippen LogP contribution in [0.3, 0.4) is 0 Å². The molecular formula is C15H15N3O2S2. The van der Waals surface area contributed by atoms with Crippen LogP contribution in [0.25, 0.3) is 11.0 Å². The van der Waals surface area contributed by atoms with E-state index in [0.717, 1.165) is 28.3 Å². The average molecular weight is 333 g/mol. The number of carbonyl (C=O) groups is 1. The van der Waals surface area contributed by atoms with Crippen LogP contribution in [0.1, 0.15) is 30.3 Å². The molecule has 0 aliphatic rings. The molecule has 2 heterocycles. The maximum atomic E-state index is 12.2. The van der Waals surface area contributed by atoms with Crippen molar-refractivity contribution < 1.29 is 9.21 Å². The first-order valence-electron chi connectivity index (χ1n) is 7.02. The van der Waals surface area contributed by atoms with Gasteiger partial charge in [0.1, 0.15) is 5.58 Å². The normalized spacial score (nSPS) is 11.0. The number of nitrogens with zero attached hydrogens (tertiary/aromatic N) is 2. The SMILES string of the molecule is CCCCSc1nnc(NC(=O)c2cc3ccccc3o2)s1. The van der Waals surface area contributed by atoms with Gasteiger partial charge in [0.2, 0.25) is 5.13 Å². The lowest BCUT2D eigenvalue weighted by molar-refractivity contribution is 0.0998. The van der Waals surface area contributed by atoms with E-state index >= 15 is 0 Å². The maximum absolute atomic E-state index is 12.2. The predicted octanol–water partition coefficient (Wildman–Crippen LogP) is 4.43. The zero-order valence-corrected chi connectivity index (χ0v) is 13.7. The fourth-order valence-corrected chi connectivity index (χ4v) is 3.78. The smallest absolute Gasteiger partial charge is 0.293 e. The third kappa shape index (κ3) is 3.48. The van der Waals surface area contributed by atoms with E-state index in [1.54, 1.807) is 17.8 Å². The number of rotatable bonds is 6. The Balaban J connectivity index is 1.66. The Hall–Kier alpha value is -1.86. The number of benzene rings is 1. The van der Waals surface area contributed by atoms with Crippen molar-refractivity contribution in [2.24, 2.45) is 0 Å². The van der Waals surface area contributed by atoms with Gasteiger partial charge in [0, 0.05) is 11.1 Å². The molecule has 0 saturated carbocycles. The number of hydrogen-bond acceptors (Lipinski definition) is 6. The van der Waals surface area contributed by atoms with E-state index in [9.17, 15) is 4.79 Å². The fourth-order valence-electron chi connectivity index (χ4n) is 1.87. The molecule has 0 aliphatic heterocycles. The van der Waals surface area contributed by atoms with Crippen molar-refractivity contribution in [3.8, 4) is 0 Å². The number of unbranched alkanes of at least 4 members (excludes halogenated alkanes) is 1. The van der Waals surface area contributed by atoms with Crippen molar-refractivity contribution in [3.05, 3.63) is 36.1 Å². The van der Waals surface area contributed by atoms with Gasteiger partial charge in [-0.25, -0.2) is 0 Å². The van der Waals surface area contributed by atoms with Gasteiger partial charge in [-0.05, 0) is 18.6 Å². The Bertz CT molecular complexity index is 749. The van der Waals surface area contributed by atoms with Crippen LogP contribution in [0.2, 0.25) is 0 Å². The minimum absolute atomic E-state index is 0.275. The second kappa shape index (κ2) is 6.93. The Morgan fingerprint density at radius 1 is 1.36 bits per heavy atom. The number of thioether (sulfide) groups is 1. The van der Waals surface area contributed by atoms with E-state index in [1.165, 1.54) is 11.3 Å². The predicted molar refractivity (Wildman–Crippen MR) is 89.7 cm³/mol. The summed E-state index contributed by atoms with van der Waals surface area (Å²) in [5.74, 6) is 0.983. The van der Waals surface area contributed by atoms with Gasteiger partial charge < -0.3 is 4.42 Å². The van der Waals surface area contributed by atoms with Crippen LogP contribution in [0.15, 0.2) is 39.1 Å². The number of nitrogens with one attached hydrogen (secondary N) is 1. The van der Waals surface area contributed by atoms with Crippen molar-refractivity contribution in [2.45, 2.75) is 24.1 Å². The van der Waals surface area contributed by atoms with Crippen molar-refractivity contribution >= 4 is 45.1 Å². The van der Waals surface area contributed by atoms with E-state index in [4.69, 9.17) is 4.42 Å². The highest BCUT2D eigenvalue weighted by Gasteiger charge is 2.14. The second-order valence-corrected chi connectivity index (χ2v) is 7.00. The summed E-state index contributed by atoms with van der Waals surface area (Å²) in [5.41, 5.74) is 0.695. The molecule has 22 heavy (non-hydrogen) atoms. The van der Waals surface area contributed by atoms with Gasteiger partial charge in [-0.15, -0.1) is 10.2 Å². The summed E-state index contributed by atoms with van der Waals surface area (Å²) >= 11 is 3.04. The van der Waals surface area contributed by atoms with Crippen LogP contribution in [0.4, 0.5) is 5.13 Å². The molecule has 3 rings (SSSR count). The van der Waals surface area contributed by atoms with Crippen LogP contribution in [-0.2, 0) is 0 Å². The number of carbonyl (C=O) groups excluding carboxylic acids is 1. The minimum Gasteiger partial charge on any atom is -0.451 e. The topological polar surface area (TPSA) is 68.0 Å². The maximum Gasteiger partial charge on any atom is 0.293 e. The molecule has 5 nitrogen and oxygen atoms in total. The third-order valence-corrected chi connectivity index (χ3v) is 5.06. The number of para-hydroxylation sites is 1. The van der Waals surface area contributed by atoms with E-state index in [0.29, 0.717) is 10.7 Å². The number of furan rings is 1. The molecule has 7 heteroatoms. The zero-order chi connectivity index (χ0) is 15.4. The van der Waals surface area contributed by atoms with Crippen LogP contribution < -0.4 is 5.32 Å². The number of fused-ring (bicyclic) bond motifs is 1. The molecule has 1 amide bonds. The molecule has 0 radical (unpaired) electrons. The second-order valence-electron chi connectivity index (χ2n) is 4.68. The standard InChI is InChI=1S/C15H15N3O2S2/c1-2-3-8-21-15-18-17-14(22-15)16-13(19)12-9-10-6-4-5-7-11(10)20-12/h4-7,9H,2-3,8H2,1H3,(H,16,17,19). The molecule has 1 aromatic carbocycles. The fraction of sp³-hybridized carbons (Fsp3) is 0.267. The van der Waals surface area contributed by atoms with Crippen molar-refractivity contribution in [3.63, 3.8) is 0 Å². The molecule has 0 bridgehead atoms. The highest BCUT2D eigenvalue weighted by molar-refractivity contribution is 8.01. The Morgan fingerprint density at radius 2 is 2.23 bits per heavy atom. The average Bonchev–Trinajstić information content (AvgIpc) is 3.14. The third-order valence-electron chi connectivity index (χ3n) is 3.00. The summed E-state index contributed by atoms with van der Waals surface area (Å²) in [7, 11) is 0. The first-order valence-corrected chi connectivity index (χ1v) is 8.82. The van der Waals surface area contributed by atoms with Gasteiger partial charge in [0.05, 0.1) is 0 Å². The summed E-state index contributed by atoms with van der Waals surface area (Å²) in [6, 6.07) is 9.24. The Labute approximate surface area is 136 Å². The van der Waals surface area contributed by atoms with Gasteiger partial charge in [0.25, 0.3) is 5.91 Å². The molecule has 0 spiro atoms. The summed E-state index contributed by atoms with van der Waals surface area (Å²) in [6.07, 6.45) is 2.30. The Kier molecular flexibility index (Phi) is 4.74. The lowest BCUT2D eigenvalue weighted by atomic mass is 10.2. The quantitative estimate of drug-likeness (QED) is 0.410. The van der Waals surface area contributed by atoms with Crippen molar-refractivity contribution in [1.82, 2.24) is 10.2 Å². The first-order chi connectivity index (χ1) is 10.8. The summed E-state index contributed by atoms with van der Waals surface area (Å²) < 4.78 is 6.40. The van der Waals surface area contributed by atoms with Gasteiger partial charge in [-0.3, -0.25) is 10.1 Å². The van der Waals surface area contributed by atoms with E-state index in [-0.39, 0.29) is 11.7 Å². The molecular weight excluding hydrogens is 318 g/mol. The molecule has 1 N–H and O–H groups in total. The molecule has 114 valence electrons. The molecule has 0 aliphatic carbocycles. The van der Waals surface area contributed by atoms with E-state index in [2.05, 4.69) is 22.4 Å². The van der Waals surface area contributed by atoms with Crippen molar-refractivity contribution in [1.29, 1.82) is 0 Å². The largest absolute Gasteiger partial charge is 0.451 e. The van der Waals surface area contributed by atoms with Gasteiger partial charge >= 0.3 is 0 Å². The molecule has 0 unspecified atom stereocenters. The lowest BCUT2D eigenvalue weighted by Gasteiger charge is -1.96.